The number of aromatic nitrogens is 3. The Morgan fingerprint density at radius 2 is 2.50 bits per heavy atom. The van der Waals surface area contributed by atoms with Crippen LogP contribution in [0.3, 0.4) is 0 Å². The summed E-state index contributed by atoms with van der Waals surface area (Å²) in [6.45, 7) is 0. The molecule has 1 aromatic heterocycles. The van der Waals surface area contributed by atoms with Gasteiger partial charge < -0.3 is 4.74 Å². The van der Waals surface area contributed by atoms with Crippen molar-refractivity contribution in [3.8, 4) is 0 Å². The first kappa shape index (κ1) is 8.98. The molecule has 1 atom stereocenters. The Labute approximate surface area is 79.9 Å². The van der Waals surface area contributed by atoms with E-state index in [0.29, 0.717) is 12.2 Å². The molecule has 1 aromatic rings. The molecule has 2 heterocycles. The zero-order valence-electron chi connectivity index (χ0n) is 7.82. The zero-order valence-corrected chi connectivity index (χ0v) is 7.82. The summed E-state index contributed by atoms with van der Waals surface area (Å²) in [5, 5.41) is 6.18. The minimum Gasteiger partial charge on any atom is -0.467 e. The molecule has 0 amide bonds. The number of carbonyl (C=O) groups is 1. The Hall–Kier alpha value is -1.59. The fourth-order valence-corrected chi connectivity index (χ4v) is 1.78. The van der Waals surface area contributed by atoms with E-state index in [0.717, 1.165) is 12.8 Å². The van der Waals surface area contributed by atoms with Gasteiger partial charge in [0.25, 0.3) is 0 Å². The first-order chi connectivity index (χ1) is 6.74. The maximum absolute atomic E-state index is 11.4. The van der Waals surface area contributed by atoms with Crippen molar-refractivity contribution in [2.45, 2.75) is 25.3 Å². The summed E-state index contributed by atoms with van der Waals surface area (Å²) in [6, 6.07) is -0.505. The van der Waals surface area contributed by atoms with Gasteiger partial charge in [-0.15, -0.1) is 0 Å². The molecule has 6 heteroatoms. The molecule has 0 spiro atoms. The second-order valence-electron chi connectivity index (χ2n) is 3.25. The third-order valence-electron chi connectivity index (χ3n) is 2.44. The Bertz CT molecular complexity index is 406. The van der Waals surface area contributed by atoms with Gasteiger partial charge in [-0.1, -0.05) is 0 Å². The fourth-order valence-electron chi connectivity index (χ4n) is 1.78. The van der Waals surface area contributed by atoms with Crippen LogP contribution in [0.5, 0.6) is 0 Å². The van der Waals surface area contributed by atoms with E-state index in [9.17, 15) is 9.59 Å². The van der Waals surface area contributed by atoms with E-state index in [2.05, 4.69) is 14.9 Å². The summed E-state index contributed by atoms with van der Waals surface area (Å²) in [5.74, 6) is 0.256. The van der Waals surface area contributed by atoms with E-state index in [4.69, 9.17) is 0 Å². The van der Waals surface area contributed by atoms with E-state index in [1.54, 1.807) is 0 Å². The van der Waals surface area contributed by atoms with Crippen molar-refractivity contribution in [3.05, 3.63) is 16.3 Å². The van der Waals surface area contributed by atoms with Crippen LogP contribution in [0.15, 0.2) is 4.79 Å². The summed E-state index contributed by atoms with van der Waals surface area (Å²) < 4.78 is 6.01. The molecule has 0 fully saturated rings. The molecular formula is C8H11N3O3. The first-order valence-electron chi connectivity index (χ1n) is 4.47. The highest BCUT2D eigenvalue weighted by atomic mass is 16.5. The van der Waals surface area contributed by atoms with Crippen LogP contribution in [0.2, 0.25) is 0 Å². The molecule has 6 nitrogen and oxygen atoms in total. The highest BCUT2D eigenvalue weighted by molar-refractivity contribution is 5.74. The van der Waals surface area contributed by atoms with Crippen LogP contribution >= 0.6 is 0 Å². The van der Waals surface area contributed by atoms with E-state index in [-0.39, 0.29) is 11.7 Å². The zero-order chi connectivity index (χ0) is 10.1. The number of aromatic amines is 1. The topological polar surface area (TPSA) is 77.0 Å². The van der Waals surface area contributed by atoms with Crippen molar-refractivity contribution < 1.29 is 9.53 Å². The molecule has 2 rings (SSSR count). The molecule has 0 saturated carbocycles. The highest BCUT2D eigenvalue weighted by Crippen LogP contribution is 2.21. The number of esters is 1. The van der Waals surface area contributed by atoms with E-state index in [1.165, 1.54) is 11.7 Å². The summed E-state index contributed by atoms with van der Waals surface area (Å²) >= 11 is 0. The van der Waals surface area contributed by atoms with E-state index < -0.39 is 6.04 Å². The smallest absolute Gasteiger partial charge is 0.344 e. The van der Waals surface area contributed by atoms with Crippen molar-refractivity contribution >= 4 is 5.97 Å². The number of H-pyrrole nitrogens is 1. The number of carbonyl (C=O) groups excluding carboxylic acids is 1. The molecule has 76 valence electrons. The number of rotatable bonds is 1. The molecule has 14 heavy (non-hydrogen) atoms. The maximum Gasteiger partial charge on any atom is 0.344 e. The van der Waals surface area contributed by atoms with Crippen molar-refractivity contribution in [2.75, 3.05) is 7.11 Å². The van der Waals surface area contributed by atoms with Gasteiger partial charge in [-0.25, -0.2) is 14.7 Å². The molecular weight excluding hydrogens is 186 g/mol. The van der Waals surface area contributed by atoms with E-state index in [1.807, 2.05) is 0 Å². The number of methoxy groups -OCH3 is 1. The van der Waals surface area contributed by atoms with Crippen LogP contribution in [0.25, 0.3) is 0 Å². The van der Waals surface area contributed by atoms with Crippen LogP contribution in [0.1, 0.15) is 24.7 Å². The Morgan fingerprint density at radius 3 is 3.21 bits per heavy atom. The number of hydrogen-bond acceptors (Lipinski definition) is 4. The molecule has 1 N–H and O–H groups in total. The van der Waals surface area contributed by atoms with E-state index >= 15 is 0 Å². The SMILES string of the molecule is COC(=O)C1CCCc2n[nH]c(=O)n21. The predicted octanol–water partition coefficient (Wildman–Crippen LogP) is -0.378. The van der Waals surface area contributed by atoms with Crippen LogP contribution in [0.4, 0.5) is 0 Å². The third-order valence-corrected chi connectivity index (χ3v) is 2.44. The lowest BCUT2D eigenvalue weighted by Gasteiger charge is -2.20. The van der Waals surface area contributed by atoms with Crippen molar-refractivity contribution in [3.63, 3.8) is 0 Å². The second kappa shape index (κ2) is 3.28. The second-order valence-corrected chi connectivity index (χ2v) is 3.25. The van der Waals surface area contributed by atoms with Crippen molar-refractivity contribution in [1.29, 1.82) is 0 Å². The molecule has 0 bridgehead atoms. The molecule has 0 radical (unpaired) electrons. The number of nitrogens with one attached hydrogen (secondary N) is 1. The largest absolute Gasteiger partial charge is 0.467 e. The monoisotopic (exact) mass is 197 g/mol. The minimum absolute atomic E-state index is 0.338. The van der Waals surface area contributed by atoms with Gasteiger partial charge in [0.2, 0.25) is 0 Å². The van der Waals surface area contributed by atoms with Gasteiger partial charge in [-0.3, -0.25) is 4.57 Å². The van der Waals surface area contributed by atoms with Gasteiger partial charge in [0.15, 0.2) is 0 Å². The Balaban J connectivity index is 2.44. The molecule has 0 aliphatic carbocycles. The molecule has 0 aromatic carbocycles. The maximum atomic E-state index is 11.4. The average Bonchev–Trinajstić information content (AvgIpc) is 2.59. The summed E-state index contributed by atoms with van der Waals surface area (Å²) in [7, 11) is 1.32. The summed E-state index contributed by atoms with van der Waals surface area (Å²) in [4.78, 5) is 22.7. The summed E-state index contributed by atoms with van der Waals surface area (Å²) in [5.41, 5.74) is -0.338. The lowest BCUT2D eigenvalue weighted by molar-refractivity contribution is -0.145. The number of hydrogen-bond donors (Lipinski definition) is 1. The molecule has 1 aliphatic rings. The predicted molar refractivity (Wildman–Crippen MR) is 46.8 cm³/mol. The van der Waals surface area contributed by atoms with Gasteiger partial charge in [0, 0.05) is 6.42 Å². The Morgan fingerprint density at radius 1 is 1.71 bits per heavy atom. The molecule has 0 saturated heterocycles. The third kappa shape index (κ3) is 1.23. The van der Waals surface area contributed by atoms with Crippen LogP contribution in [-0.2, 0) is 16.0 Å². The van der Waals surface area contributed by atoms with Crippen molar-refractivity contribution in [1.82, 2.24) is 14.8 Å². The lowest BCUT2D eigenvalue weighted by atomic mass is 10.1. The standard InChI is InChI=1S/C8H11N3O3/c1-14-7(12)5-3-2-4-6-9-10-8(13)11(5)6/h5H,2-4H2,1H3,(H,10,13). The average molecular weight is 197 g/mol. The molecule has 1 aliphatic heterocycles. The van der Waals surface area contributed by atoms with Gasteiger partial charge in [-0.2, -0.15) is 5.10 Å². The minimum atomic E-state index is -0.505. The van der Waals surface area contributed by atoms with Crippen LogP contribution in [0, 0.1) is 0 Å². The van der Waals surface area contributed by atoms with Gasteiger partial charge >= 0.3 is 11.7 Å². The normalized spacial score (nSPS) is 20.2. The fraction of sp³-hybridized carbons (Fsp3) is 0.625. The number of aryl methyl sites for hydroxylation is 1. The number of fused-ring (bicyclic) bond motifs is 1. The number of ether oxygens (including phenoxy) is 1. The quantitative estimate of drug-likeness (QED) is 0.623. The van der Waals surface area contributed by atoms with Gasteiger partial charge in [0.1, 0.15) is 11.9 Å². The van der Waals surface area contributed by atoms with Crippen LogP contribution in [-0.4, -0.2) is 27.8 Å². The Kier molecular flexibility index (Phi) is 2.11. The highest BCUT2D eigenvalue weighted by Gasteiger charge is 2.29. The lowest BCUT2D eigenvalue weighted by Crippen LogP contribution is -2.33. The van der Waals surface area contributed by atoms with Gasteiger partial charge in [-0.05, 0) is 12.8 Å². The number of nitrogens with zero attached hydrogens (tertiary/aromatic N) is 2. The van der Waals surface area contributed by atoms with Crippen LogP contribution < -0.4 is 5.69 Å². The summed E-state index contributed by atoms with van der Waals surface area (Å²) in [6.07, 6.45) is 2.22. The van der Waals surface area contributed by atoms with Gasteiger partial charge in [0.05, 0.1) is 7.11 Å². The molecule has 1 unspecified atom stereocenters. The van der Waals surface area contributed by atoms with Crippen molar-refractivity contribution in [2.24, 2.45) is 0 Å². The first-order valence-corrected chi connectivity index (χ1v) is 4.47.